The molecule has 1 fully saturated rings. The number of anilines is 1. The van der Waals surface area contributed by atoms with Gasteiger partial charge in [-0.1, -0.05) is 72.3 Å². The third-order valence-electron chi connectivity index (χ3n) is 6.32. The van der Waals surface area contributed by atoms with Crippen LogP contribution in [0.5, 0.6) is 0 Å². The van der Waals surface area contributed by atoms with Crippen LogP contribution >= 0.6 is 11.6 Å². The van der Waals surface area contributed by atoms with Crippen molar-refractivity contribution in [3.8, 4) is 11.1 Å². The first-order chi connectivity index (χ1) is 16.6. The number of benzene rings is 3. The van der Waals surface area contributed by atoms with E-state index in [2.05, 4.69) is 52.7 Å². The fraction of sp³-hybridized carbons (Fsp3) is 0.207. The smallest absolute Gasteiger partial charge is 0.338 e. The average molecular weight is 471 g/mol. The highest BCUT2D eigenvalue weighted by Crippen LogP contribution is 2.30. The molecular weight excluding hydrogens is 444 g/mol. The van der Waals surface area contributed by atoms with Crippen molar-refractivity contribution in [1.29, 1.82) is 0 Å². The summed E-state index contributed by atoms with van der Waals surface area (Å²) in [5.41, 5.74) is 4.37. The van der Waals surface area contributed by atoms with E-state index >= 15 is 0 Å². The summed E-state index contributed by atoms with van der Waals surface area (Å²) in [4.78, 5) is 14.7. The lowest BCUT2D eigenvalue weighted by molar-refractivity contribution is 0.240. The Labute approximate surface area is 204 Å². The van der Waals surface area contributed by atoms with Crippen LogP contribution in [0.1, 0.15) is 18.4 Å². The van der Waals surface area contributed by atoms with Crippen molar-refractivity contribution in [2.24, 2.45) is 0 Å². The van der Waals surface area contributed by atoms with Crippen LogP contribution in [-0.4, -0.2) is 30.6 Å². The highest BCUT2D eigenvalue weighted by atomic mass is 35.5. The molecule has 0 saturated carbocycles. The Morgan fingerprint density at radius 2 is 1.74 bits per heavy atom. The molecule has 4 nitrogen and oxygen atoms in total. The summed E-state index contributed by atoms with van der Waals surface area (Å²) in [6.45, 7) is 2.98. The van der Waals surface area contributed by atoms with Gasteiger partial charge >= 0.3 is 5.63 Å². The summed E-state index contributed by atoms with van der Waals surface area (Å²) >= 11 is 6.19. The van der Waals surface area contributed by atoms with E-state index in [0.717, 1.165) is 54.7 Å². The van der Waals surface area contributed by atoms with Crippen LogP contribution in [0, 0.1) is 0 Å². The fourth-order valence-corrected chi connectivity index (χ4v) is 4.70. The highest BCUT2D eigenvalue weighted by molar-refractivity contribution is 6.30. The van der Waals surface area contributed by atoms with Crippen LogP contribution in [0.15, 0.2) is 94.2 Å². The molecule has 4 aromatic rings. The Hall–Kier alpha value is -3.34. The largest absolute Gasteiger partial charge is 0.423 e. The third-order valence-corrected chi connectivity index (χ3v) is 6.56. The van der Waals surface area contributed by atoms with Crippen molar-refractivity contribution in [2.75, 3.05) is 25.0 Å². The zero-order valence-corrected chi connectivity index (χ0v) is 19.7. The second-order valence-electron chi connectivity index (χ2n) is 8.73. The van der Waals surface area contributed by atoms with E-state index in [4.69, 9.17) is 16.0 Å². The summed E-state index contributed by atoms with van der Waals surface area (Å²) in [5, 5.41) is 5.23. The molecule has 2 heterocycles. The van der Waals surface area contributed by atoms with Crippen LogP contribution < -0.4 is 10.9 Å². The number of likely N-dealkylation sites (tertiary alicyclic amines) is 1. The summed E-state index contributed by atoms with van der Waals surface area (Å²) in [6.07, 6.45) is 6.46. The zero-order chi connectivity index (χ0) is 23.3. The molecule has 0 unspecified atom stereocenters. The molecule has 3 aromatic carbocycles. The maximum atomic E-state index is 12.2. The van der Waals surface area contributed by atoms with Gasteiger partial charge in [0.2, 0.25) is 0 Å². The number of halogens is 1. The molecule has 0 radical (unpaired) electrons. The average Bonchev–Trinajstić information content (AvgIpc) is 2.85. The molecule has 0 spiro atoms. The first-order valence-corrected chi connectivity index (χ1v) is 12.1. The maximum Gasteiger partial charge on any atom is 0.338 e. The Balaban J connectivity index is 1.28. The molecule has 5 rings (SSSR count). The molecule has 34 heavy (non-hydrogen) atoms. The lowest BCUT2D eigenvalue weighted by Crippen LogP contribution is -2.39. The Kier molecular flexibility index (Phi) is 6.79. The normalized spacial score (nSPS) is 15.2. The number of nitrogens with one attached hydrogen (secondary N) is 1. The van der Waals surface area contributed by atoms with Gasteiger partial charge < -0.3 is 9.73 Å². The number of hydrogen-bond acceptors (Lipinski definition) is 4. The molecule has 5 heteroatoms. The first kappa shape index (κ1) is 22.5. The summed E-state index contributed by atoms with van der Waals surface area (Å²) in [5.74, 6) is 0. The quantitative estimate of drug-likeness (QED) is 0.318. The Morgan fingerprint density at radius 1 is 0.941 bits per heavy atom. The van der Waals surface area contributed by atoms with Crippen molar-refractivity contribution in [3.05, 3.63) is 106 Å². The predicted octanol–water partition coefficient (Wildman–Crippen LogP) is 6.70. The van der Waals surface area contributed by atoms with Gasteiger partial charge in [-0.25, -0.2) is 4.79 Å². The number of rotatable bonds is 6. The Bertz CT molecular complexity index is 1360. The molecule has 1 N–H and O–H groups in total. The van der Waals surface area contributed by atoms with Gasteiger partial charge in [0.05, 0.1) is 5.69 Å². The molecule has 0 atom stereocenters. The van der Waals surface area contributed by atoms with Gasteiger partial charge in [0.15, 0.2) is 0 Å². The molecule has 1 aliphatic rings. The van der Waals surface area contributed by atoms with Gasteiger partial charge in [-0.3, -0.25) is 4.90 Å². The van der Waals surface area contributed by atoms with Gasteiger partial charge in [0.25, 0.3) is 0 Å². The minimum atomic E-state index is -0.339. The van der Waals surface area contributed by atoms with Gasteiger partial charge in [-0.2, -0.15) is 0 Å². The van der Waals surface area contributed by atoms with Crippen molar-refractivity contribution in [3.63, 3.8) is 0 Å². The number of fused-ring (bicyclic) bond motifs is 1. The molecule has 1 saturated heterocycles. The van der Waals surface area contributed by atoms with E-state index in [0.29, 0.717) is 16.6 Å². The van der Waals surface area contributed by atoms with Crippen molar-refractivity contribution >= 4 is 34.3 Å². The molecule has 1 aromatic heterocycles. The lowest BCUT2D eigenvalue weighted by Gasteiger charge is -2.32. The Morgan fingerprint density at radius 3 is 2.53 bits per heavy atom. The van der Waals surface area contributed by atoms with Gasteiger partial charge in [0.1, 0.15) is 5.58 Å². The van der Waals surface area contributed by atoms with Crippen LogP contribution in [0.2, 0.25) is 5.02 Å². The molecule has 0 aliphatic carbocycles. The highest BCUT2D eigenvalue weighted by Gasteiger charge is 2.19. The molecule has 0 amide bonds. The number of hydrogen-bond donors (Lipinski definition) is 1. The van der Waals surface area contributed by atoms with E-state index in [-0.39, 0.29) is 5.63 Å². The lowest BCUT2D eigenvalue weighted by atomic mass is 10.0. The van der Waals surface area contributed by atoms with E-state index in [1.807, 2.05) is 42.5 Å². The van der Waals surface area contributed by atoms with Crippen molar-refractivity contribution in [2.45, 2.75) is 18.9 Å². The molecule has 0 bridgehead atoms. The van der Waals surface area contributed by atoms with Crippen molar-refractivity contribution < 1.29 is 4.42 Å². The zero-order valence-electron chi connectivity index (χ0n) is 18.9. The molecule has 1 aliphatic heterocycles. The maximum absolute atomic E-state index is 12.2. The first-order valence-electron chi connectivity index (χ1n) is 11.7. The summed E-state index contributed by atoms with van der Waals surface area (Å²) in [7, 11) is 0. The van der Waals surface area contributed by atoms with Crippen LogP contribution in [0.4, 0.5) is 5.69 Å². The van der Waals surface area contributed by atoms with E-state index in [1.165, 1.54) is 5.56 Å². The van der Waals surface area contributed by atoms with E-state index < -0.39 is 0 Å². The molecule has 172 valence electrons. The van der Waals surface area contributed by atoms with E-state index in [1.54, 1.807) is 6.07 Å². The van der Waals surface area contributed by atoms with Gasteiger partial charge in [-0.15, -0.1) is 0 Å². The standard InChI is InChI=1S/C29H27ClN2O2/c30-24-10-4-9-22(18-24)23-11-12-28-26(19-23)27(20-29(33)34-28)31-25-13-16-32(17-14-25)15-5-8-21-6-2-1-3-7-21/h1-12,18-20,25,31H,13-17H2. The summed E-state index contributed by atoms with van der Waals surface area (Å²) in [6, 6.07) is 25.9. The van der Waals surface area contributed by atoms with Crippen molar-refractivity contribution in [1.82, 2.24) is 4.90 Å². The van der Waals surface area contributed by atoms with Gasteiger partial charge in [0, 0.05) is 42.2 Å². The second kappa shape index (κ2) is 10.3. The third kappa shape index (κ3) is 5.41. The van der Waals surface area contributed by atoms with Crippen LogP contribution in [0.25, 0.3) is 28.2 Å². The summed E-state index contributed by atoms with van der Waals surface area (Å²) < 4.78 is 5.47. The SMILES string of the molecule is O=c1cc(NC2CCN(CC=Cc3ccccc3)CC2)c2cc(-c3cccc(Cl)c3)ccc2o1. The van der Waals surface area contributed by atoms with Crippen LogP contribution in [-0.2, 0) is 0 Å². The minimum absolute atomic E-state index is 0.314. The van der Waals surface area contributed by atoms with E-state index in [9.17, 15) is 4.79 Å². The second-order valence-corrected chi connectivity index (χ2v) is 9.17. The fourth-order valence-electron chi connectivity index (χ4n) is 4.51. The number of nitrogens with zero attached hydrogens (tertiary/aromatic N) is 1. The monoisotopic (exact) mass is 470 g/mol. The van der Waals surface area contributed by atoms with Gasteiger partial charge in [-0.05, 0) is 53.8 Å². The topological polar surface area (TPSA) is 45.5 Å². The number of piperidine rings is 1. The minimum Gasteiger partial charge on any atom is -0.423 e. The predicted molar refractivity (Wildman–Crippen MR) is 141 cm³/mol. The van der Waals surface area contributed by atoms with Crippen LogP contribution in [0.3, 0.4) is 0 Å². The molecular formula is C29H27ClN2O2.